The van der Waals surface area contributed by atoms with Crippen molar-refractivity contribution in [3.63, 3.8) is 0 Å². The van der Waals surface area contributed by atoms with Crippen molar-refractivity contribution in [1.29, 1.82) is 0 Å². The lowest BCUT2D eigenvalue weighted by molar-refractivity contribution is 0.232. The van der Waals surface area contributed by atoms with Crippen LogP contribution in [0.5, 0.6) is 5.88 Å². The molecule has 0 bridgehead atoms. The first-order chi connectivity index (χ1) is 9.15. The molecule has 106 valence electrons. The lowest BCUT2D eigenvalue weighted by Crippen LogP contribution is -2.26. The fraction of sp³-hybridized carbons (Fsp3) is 0.733. The summed E-state index contributed by atoms with van der Waals surface area (Å²) < 4.78 is 5.60. The highest BCUT2D eigenvalue weighted by molar-refractivity contribution is 5.38. The van der Waals surface area contributed by atoms with Crippen molar-refractivity contribution >= 4 is 5.82 Å². The second kappa shape index (κ2) is 6.73. The minimum atomic E-state index is 0.138. The van der Waals surface area contributed by atoms with Crippen LogP contribution < -0.4 is 10.1 Å². The van der Waals surface area contributed by atoms with E-state index in [-0.39, 0.29) is 6.10 Å². The maximum Gasteiger partial charge on any atom is 0.218 e. The van der Waals surface area contributed by atoms with Crippen LogP contribution in [0.4, 0.5) is 5.82 Å². The summed E-state index contributed by atoms with van der Waals surface area (Å²) in [4.78, 5) is 8.44. The number of rotatable bonds is 4. The van der Waals surface area contributed by atoms with Gasteiger partial charge in [-0.2, -0.15) is 0 Å². The molecule has 1 saturated carbocycles. The molecule has 1 heterocycles. The third kappa shape index (κ3) is 4.37. The molecule has 1 aliphatic carbocycles. The van der Waals surface area contributed by atoms with Crippen LogP contribution in [0.25, 0.3) is 0 Å². The van der Waals surface area contributed by atoms with Crippen LogP contribution in [-0.2, 0) is 0 Å². The smallest absolute Gasteiger partial charge is 0.218 e. The number of ether oxygens (including phenoxy) is 1. The molecule has 1 aromatic heterocycles. The van der Waals surface area contributed by atoms with Gasteiger partial charge in [-0.15, -0.1) is 0 Å². The molecule has 2 unspecified atom stereocenters. The molecule has 19 heavy (non-hydrogen) atoms. The predicted molar refractivity (Wildman–Crippen MR) is 77.5 cm³/mol. The van der Waals surface area contributed by atoms with E-state index in [9.17, 15) is 0 Å². The van der Waals surface area contributed by atoms with Crippen molar-refractivity contribution in [3.8, 4) is 5.88 Å². The summed E-state index contributed by atoms with van der Waals surface area (Å²) in [5, 5.41) is 3.55. The Morgan fingerprint density at radius 3 is 2.79 bits per heavy atom. The molecular formula is C15H25N3O. The van der Waals surface area contributed by atoms with E-state index in [1.807, 2.05) is 19.9 Å². The van der Waals surface area contributed by atoms with Crippen molar-refractivity contribution in [2.45, 2.75) is 65.0 Å². The van der Waals surface area contributed by atoms with Crippen molar-refractivity contribution in [2.75, 3.05) is 5.32 Å². The van der Waals surface area contributed by atoms with Gasteiger partial charge in [-0.05, 0) is 32.6 Å². The van der Waals surface area contributed by atoms with Gasteiger partial charge in [0.15, 0.2) is 0 Å². The molecule has 1 aromatic rings. The van der Waals surface area contributed by atoms with Gasteiger partial charge >= 0.3 is 0 Å². The van der Waals surface area contributed by atoms with Crippen LogP contribution in [0.3, 0.4) is 0 Å². The van der Waals surface area contributed by atoms with E-state index in [2.05, 4.69) is 22.2 Å². The van der Waals surface area contributed by atoms with E-state index < -0.39 is 0 Å². The topological polar surface area (TPSA) is 47.0 Å². The highest BCUT2D eigenvalue weighted by atomic mass is 16.5. The lowest BCUT2D eigenvalue weighted by atomic mass is 9.97. The second-order valence-electron chi connectivity index (χ2n) is 5.77. The van der Waals surface area contributed by atoms with E-state index in [4.69, 9.17) is 4.74 Å². The van der Waals surface area contributed by atoms with E-state index in [0.717, 1.165) is 5.82 Å². The minimum absolute atomic E-state index is 0.138. The summed E-state index contributed by atoms with van der Waals surface area (Å²) in [7, 11) is 0. The average Bonchev–Trinajstić information content (AvgIpc) is 2.55. The van der Waals surface area contributed by atoms with Gasteiger partial charge in [-0.25, -0.2) is 9.97 Å². The molecule has 0 saturated heterocycles. The zero-order valence-corrected chi connectivity index (χ0v) is 12.2. The summed E-state index contributed by atoms with van der Waals surface area (Å²) >= 11 is 0. The summed E-state index contributed by atoms with van der Waals surface area (Å²) in [5.41, 5.74) is 0. The van der Waals surface area contributed by atoms with Gasteiger partial charge in [-0.1, -0.05) is 26.2 Å². The molecule has 4 heteroatoms. The van der Waals surface area contributed by atoms with E-state index >= 15 is 0 Å². The van der Waals surface area contributed by atoms with Crippen molar-refractivity contribution in [3.05, 3.63) is 12.4 Å². The summed E-state index contributed by atoms with van der Waals surface area (Å²) in [5.74, 6) is 2.23. The predicted octanol–water partition coefficient (Wildman–Crippen LogP) is 3.64. The van der Waals surface area contributed by atoms with Gasteiger partial charge in [0.2, 0.25) is 5.88 Å². The standard InChI is InChI=1S/C15H25N3O/c1-11(2)19-15-9-14(16-10-17-15)18-13-8-6-4-5-7-12(13)3/h9-13H,4-8H2,1-3H3,(H,16,17,18). The molecule has 0 amide bonds. The van der Waals surface area contributed by atoms with E-state index in [1.165, 1.54) is 32.1 Å². The van der Waals surface area contributed by atoms with Crippen molar-refractivity contribution in [2.24, 2.45) is 5.92 Å². The first kappa shape index (κ1) is 14.1. The monoisotopic (exact) mass is 263 g/mol. The third-order valence-corrected chi connectivity index (χ3v) is 3.69. The van der Waals surface area contributed by atoms with Crippen LogP contribution in [0.2, 0.25) is 0 Å². The number of aromatic nitrogens is 2. The molecule has 1 N–H and O–H groups in total. The summed E-state index contributed by atoms with van der Waals surface area (Å²) in [6, 6.07) is 2.42. The molecule has 0 radical (unpaired) electrons. The Balaban J connectivity index is 2.01. The first-order valence-corrected chi connectivity index (χ1v) is 7.40. The molecule has 4 nitrogen and oxygen atoms in total. The van der Waals surface area contributed by atoms with Gasteiger partial charge in [0.05, 0.1) is 6.10 Å². The Bertz CT molecular complexity index is 395. The highest BCUT2D eigenvalue weighted by Gasteiger charge is 2.20. The molecule has 0 spiro atoms. The maximum atomic E-state index is 5.60. The van der Waals surface area contributed by atoms with Gasteiger partial charge in [0.25, 0.3) is 0 Å². The fourth-order valence-electron chi connectivity index (χ4n) is 2.62. The third-order valence-electron chi connectivity index (χ3n) is 3.69. The highest BCUT2D eigenvalue weighted by Crippen LogP contribution is 2.26. The fourth-order valence-corrected chi connectivity index (χ4v) is 2.62. The van der Waals surface area contributed by atoms with Crippen LogP contribution in [0.15, 0.2) is 12.4 Å². The van der Waals surface area contributed by atoms with E-state index in [1.54, 1.807) is 6.33 Å². The van der Waals surface area contributed by atoms with Crippen LogP contribution in [0, 0.1) is 5.92 Å². The zero-order valence-electron chi connectivity index (χ0n) is 12.2. The van der Waals surface area contributed by atoms with Crippen LogP contribution in [-0.4, -0.2) is 22.1 Å². The molecule has 1 aliphatic rings. The summed E-state index contributed by atoms with van der Waals surface area (Å²) in [6.45, 7) is 6.33. The number of hydrogen-bond acceptors (Lipinski definition) is 4. The van der Waals surface area contributed by atoms with Crippen molar-refractivity contribution < 1.29 is 4.74 Å². The van der Waals surface area contributed by atoms with Crippen LogP contribution >= 0.6 is 0 Å². The normalized spacial score (nSPS) is 24.0. The molecule has 1 fully saturated rings. The maximum absolute atomic E-state index is 5.60. The van der Waals surface area contributed by atoms with Gasteiger partial charge in [0, 0.05) is 12.1 Å². The Hall–Kier alpha value is -1.32. The Labute approximate surface area is 116 Å². The molecule has 2 atom stereocenters. The van der Waals surface area contributed by atoms with Gasteiger partial charge in [0.1, 0.15) is 12.1 Å². The Morgan fingerprint density at radius 2 is 2.00 bits per heavy atom. The minimum Gasteiger partial charge on any atom is -0.475 e. The average molecular weight is 263 g/mol. The lowest BCUT2D eigenvalue weighted by Gasteiger charge is -2.23. The molecule has 0 aromatic carbocycles. The summed E-state index contributed by atoms with van der Waals surface area (Å²) in [6.07, 6.45) is 8.26. The second-order valence-corrected chi connectivity index (χ2v) is 5.77. The Morgan fingerprint density at radius 1 is 1.21 bits per heavy atom. The zero-order chi connectivity index (χ0) is 13.7. The number of nitrogens with one attached hydrogen (secondary N) is 1. The van der Waals surface area contributed by atoms with Crippen LogP contribution in [0.1, 0.15) is 52.9 Å². The van der Waals surface area contributed by atoms with Gasteiger partial charge in [-0.3, -0.25) is 0 Å². The number of hydrogen-bond donors (Lipinski definition) is 1. The largest absolute Gasteiger partial charge is 0.475 e. The number of nitrogens with zero attached hydrogens (tertiary/aromatic N) is 2. The number of anilines is 1. The molecule has 0 aliphatic heterocycles. The molecule has 2 rings (SSSR count). The van der Waals surface area contributed by atoms with Gasteiger partial charge < -0.3 is 10.1 Å². The quantitative estimate of drug-likeness (QED) is 0.842. The SMILES string of the molecule is CC(C)Oc1cc(NC2CCCCCC2C)ncn1. The first-order valence-electron chi connectivity index (χ1n) is 7.40. The van der Waals surface area contributed by atoms with Crippen molar-refractivity contribution in [1.82, 2.24) is 9.97 Å². The molecular weight excluding hydrogens is 238 g/mol. The van der Waals surface area contributed by atoms with E-state index in [0.29, 0.717) is 17.8 Å². The Kier molecular flexibility index (Phi) is 5.00.